The summed E-state index contributed by atoms with van der Waals surface area (Å²) in [6, 6.07) is 4.81. The fourth-order valence-electron chi connectivity index (χ4n) is 2.02. The first-order chi connectivity index (χ1) is 8.76. The van der Waals surface area contributed by atoms with Crippen LogP contribution in [0.25, 0.3) is 0 Å². The van der Waals surface area contributed by atoms with Gasteiger partial charge in [0.1, 0.15) is 0 Å². The Morgan fingerprint density at radius 3 is 2.61 bits per heavy atom. The fraction of sp³-hybridized carbons (Fsp3) is 0.667. The summed E-state index contributed by atoms with van der Waals surface area (Å²) in [6.07, 6.45) is 7.24. The number of nitrogens with zero attached hydrogens (tertiary/aromatic N) is 2. The number of aromatic nitrogens is 1. The van der Waals surface area contributed by atoms with Gasteiger partial charge in [0.15, 0.2) is 0 Å². The summed E-state index contributed by atoms with van der Waals surface area (Å²) in [5.41, 5.74) is 1.37. The molecule has 0 aliphatic rings. The Morgan fingerprint density at radius 2 is 2.00 bits per heavy atom. The highest BCUT2D eigenvalue weighted by molar-refractivity contribution is 5.09. The number of rotatable bonds is 9. The van der Waals surface area contributed by atoms with Gasteiger partial charge in [-0.25, -0.2) is 0 Å². The largest absolute Gasteiger partial charge is 0.313 e. The van der Waals surface area contributed by atoms with E-state index >= 15 is 0 Å². The third-order valence-corrected chi connectivity index (χ3v) is 3.24. The third-order valence-electron chi connectivity index (χ3n) is 3.24. The highest BCUT2D eigenvalue weighted by atomic mass is 15.1. The number of hydrogen-bond acceptors (Lipinski definition) is 3. The molecule has 1 aromatic heterocycles. The Morgan fingerprint density at radius 1 is 1.28 bits per heavy atom. The van der Waals surface area contributed by atoms with Crippen LogP contribution in [0.15, 0.2) is 24.5 Å². The van der Waals surface area contributed by atoms with Gasteiger partial charge in [0.2, 0.25) is 0 Å². The molecule has 18 heavy (non-hydrogen) atoms. The van der Waals surface area contributed by atoms with Crippen LogP contribution in [0.1, 0.15) is 32.3 Å². The molecule has 3 nitrogen and oxygen atoms in total. The Hall–Kier alpha value is -0.930. The molecule has 0 saturated carbocycles. The standard InChI is InChI=1S/C15H27N3/c1-4-9-17-15(5-2)13-18(3)12-8-14-6-10-16-11-7-14/h6-7,10-11,15,17H,4-5,8-9,12-13H2,1-3H3. The molecule has 1 atom stereocenters. The van der Waals surface area contributed by atoms with E-state index < -0.39 is 0 Å². The second kappa shape index (κ2) is 9.06. The van der Waals surface area contributed by atoms with E-state index in [9.17, 15) is 0 Å². The average molecular weight is 249 g/mol. The van der Waals surface area contributed by atoms with Gasteiger partial charge in [-0.2, -0.15) is 0 Å². The first kappa shape index (κ1) is 15.1. The minimum absolute atomic E-state index is 0.618. The summed E-state index contributed by atoms with van der Waals surface area (Å²) in [6.45, 7) is 7.82. The predicted octanol–water partition coefficient (Wildman–Crippen LogP) is 2.33. The fourth-order valence-corrected chi connectivity index (χ4v) is 2.02. The molecule has 1 unspecified atom stereocenters. The zero-order chi connectivity index (χ0) is 13.2. The average Bonchev–Trinajstić information content (AvgIpc) is 2.42. The first-order valence-electron chi connectivity index (χ1n) is 7.07. The smallest absolute Gasteiger partial charge is 0.0270 e. The molecule has 0 saturated heterocycles. The Labute approximate surface area is 112 Å². The molecule has 0 amide bonds. The molecule has 0 aliphatic heterocycles. The summed E-state index contributed by atoms with van der Waals surface area (Å²) < 4.78 is 0. The van der Waals surface area contributed by atoms with Crippen molar-refractivity contribution in [3.8, 4) is 0 Å². The van der Waals surface area contributed by atoms with E-state index in [0.717, 1.165) is 26.1 Å². The maximum absolute atomic E-state index is 4.04. The van der Waals surface area contributed by atoms with Crippen LogP contribution in [0.5, 0.6) is 0 Å². The Bertz CT molecular complexity index is 300. The lowest BCUT2D eigenvalue weighted by Crippen LogP contribution is -2.40. The second-order valence-electron chi connectivity index (χ2n) is 4.93. The SMILES string of the molecule is CCCNC(CC)CN(C)CCc1ccncc1. The first-order valence-corrected chi connectivity index (χ1v) is 7.07. The van der Waals surface area contributed by atoms with Gasteiger partial charge in [0.05, 0.1) is 0 Å². The van der Waals surface area contributed by atoms with Crippen LogP contribution in [-0.2, 0) is 6.42 Å². The lowest BCUT2D eigenvalue weighted by Gasteiger charge is -2.24. The molecule has 3 heteroatoms. The molecule has 0 fully saturated rings. The van der Waals surface area contributed by atoms with E-state index in [1.165, 1.54) is 18.4 Å². The van der Waals surface area contributed by atoms with Crippen LogP contribution >= 0.6 is 0 Å². The van der Waals surface area contributed by atoms with Crippen molar-refractivity contribution in [3.05, 3.63) is 30.1 Å². The molecule has 102 valence electrons. The van der Waals surface area contributed by atoms with Crippen molar-refractivity contribution in [2.45, 2.75) is 39.2 Å². The molecule has 1 aromatic rings. The van der Waals surface area contributed by atoms with Gasteiger partial charge in [-0.05, 0) is 50.6 Å². The highest BCUT2D eigenvalue weighted by Gasteiger charge is 2.08. The number of nitrogens with one attached hydrogen (secondary N) is 1. The van der Waals surface area contributed by atoms with E-state index in [0.29, 0.717) is 6.04 Å². The summed E-state index contributed by atoms with van der Waals surface area (Å²) in [5, 5.41) is 3.60. The van der Waals surface area contributed by atoms with Gasteiger partial charge in [-0.15, -0.1) is 0 Å². The second-order valence-corrected chi connectivity index (χ2v) is 4.93. The zero-order valence-corrected chi connectivity index (χ0v) is 12.0. The number of pyridine rings is 1. The minimum Gasteiger partial charge on any atom is -0.313 e. The van der Waals surface area contributed by atoms with Gasteiger partial charge < -0.3 is 10.2 Å². The number of hydrogen-bond donors (Lipinski definition) is 1. The maximum Gasteiger partial charge on any atom is 0.0270 e. The lowest BCUT2D eigenvalue weighted by molar-refractivity contribution is 0.287. The Kier molecular flexibility index (Phi) is 7.62. The molecule has 0 bridgehead atoms. The van der Waals surface area contributed by atoms with Gasteiger partial charge in [-0.3, -0.25) is 4.98 Å². The predicted molar refractivity (Wildman–Crippen MR) is 77.8 cm³/mol. The number of likely N-dealkylation sites (N-methyl/N-ethyl adjacent to an activating group) is 1. The van der Waals surface area contributed by atoms with Crippen molar-refractivity contribution in [1.82, 2.24) is 15.2 Å². The van der Waals surface area contributed by atoms with Crippen LogP contribution < -0.4 is 5.32 Å². The molecule has 0 spiro atoms. The van der Waals surface area contributed by atoms with Gasteiger partial charge >= 0.3 is 0 Å². The van der Waals surface area contributed by atoms with E-state index in [2.05, 4.69) is 48.2 Å². The lowest BCUT2D eigenvalue weighted by atomic mass is 10.1. The van der Waals surface area contributed by atoms with Crippen LogP contribution in [0.2, 0.25) is 0 Å². The molecule has 1 heterocycles. The van der Waals surface area contributed by atoms with E-state index in [-0.39, 0.29) is 0 Å². The van der Waals surface area contributed by atoms with E-state index in [1.54, 1.807) is 0 Å². The van der Waals surface area contributed by atoms with Crippen LogP contribution in [0.3, 0.4) is 0 Å². The van der Waals surface area contributed by atoms with Crippen LogP contribution in [0, 0.1) is 0 Å². The van der Waals surface area contributed by atoms with E-state index in [4.69, 9.17) is 0 Å². The molecular formula is C15H27N3. The minimum atomic E-state index is 0.618. The van der Waals surface area contributed by atoms with Crippen molar-refractivity contribution in [3.63, 3.8) is 0 Å². The maximum atomic E-state index is 4.04. The molecule has 1 rings (SSSR count). The molecule has 0 radical (unpaired) electrons. The van der Waals surface area contributed by atoms with Crippen molar-refractivity contribution < 1.29 is 0 Å². The zero-order valence-electron chi connectivity index (χ0n) is 12.0. The van der Waals surface area contributed by atoms with Crippen molar-refractivity contribution >= 4 is 0 Å². The van der Waals surface area contributed by atoms with Crippen molar-refractivity contribution in [2.24, 2.45) is 0 Å². The van der Waals surface area contributed by atoms with Crippen LogP contribution in [-0.4, -0.2) is 42.6 Å². The van der Waals surface area contributed by atoms with Gasteiger partial charge in [0, 0.05) is 31.5 Å². The third kappa shape index (κ3) is 6.12. The van der Waals surface area contributed by atoms with Crippen molar-refractivity contribution in [2.75, 3.05) is 26.7 Å². The Balaban J connectivity index is 2.25. The normalized spacial score (nSPS) is 12.9. The summed E-state index contributed by atoms with van der Waals surface area (Å²) in [5.74, 6) is 0. The molecular weight excluding hydrogens is 222 g/mol. The quantitative estimate of drug-likeness (QED) is 0.728. The summed E-state index contributed by atoms with van der Waals surface area (Å²) >= 11 is 0. The molecule has 0 aromatic carbocycles. The van der Waals surface area contributed by atoms with Gasteiger partial charge in [-0.1, -0.05) is 13.8 Å². The summed E-state index contributed by atoms with van der Waals surface area (Å²) in [4.78, 5) is 6.46. The van der Waals surface area contributed by atoms with Crippen molar-refractivity contribution in [1.29, 1.82) is 0 Å². The van der Waals surface area contributed by atoms with Gasteiger partial charge in [0.25, 0.3) is 0 Å². The van der Waals surface area contributed by atoms with E-state index in [1.807, 2.05) is 12.4 Å². The highest BCUT2D eigenvalue weighted by Crippen LogP contribution is 2.01. The van der Waals surface area contributed by atoms with Crippen LogP contribution in [0.4, 0.5) is 0 Å². The molecule has 0 aliphatic carbocycles. The molecule has 1 N–H and O–H groups in total. The monoisotopic (exact) mass is 249 g/mol. The topological polar surface area (TPSA) is 28.2 Å². The summed E-state index contributed by atoms with van der Waals surface area (Å²) in [7, 11) is 2.21.